The number of aliphatic hydroxyl groups is 1. The van der Waals surface area contributed by atoms with Gasteiger partial charge in [0.2, 0.25) is 0 Å². The van der Waals surface area contributed by atoms with Crippen molar-refractivity contribution in [2.75, 3.05) is 18.1 Å². The largest absolute Gasteiger partial charge is 0.396 e. The van der Waals surface area contributed by atoms with Crippen molar-refractivity contribution in [1.29, 1.82) is 5.26 Å². The fourth-order valence-electron chi connectivity index (χ4n) is 6.11. The normalized spacial score (nSPS) is 21.5. The number of imidazole rings is 2. The Hall–Kier alpha value is -3.37. The molecule has 1 saturated heterocycles. The van der Waals surface area contributed by atoms with Crippen LogP contribution >= 0.6 is 0 Å². The molecule has 2 aliphatic rings. The van der Waals surface area contributed by atoms with Crippen molar-refractivity contribution < 1.29 is 5.11 Å². The van der Waals surface area contributed by atoms with Gasteiger partial charge in [0.05, 0.1) is 40.4 Å². The first kappa shape index (κ1) is 21.2. The second kappa shape index (κ2) is 8.44. The van der Waals surface area contributed by atoms with E-state index in [1.54, 1.807) is 6.33 Å². The molecule has 2 atom stereocenters. The van der Waals surface area contributed by atoms with E-state index in [-0.39, 0.29) is 18.6 Å². The Labute approximate surface area is 199 Å². The van der Waals surface area contributed by atoms with Gasteiger partial charge in [-0.2, -0.15) is 5.26 Å². The predicted molar refractivity (Wildman–Crippen MR) is 134 cm³/mol. The number of fused-ring (bicyclic) bond motifs is 2. The summed E-state index contributed by atoms with van der Waals surface area (Å²) in [6.45, 7) is 3.08. The standard InChI is InChI=1S/C27H30N6O/c1-17-9-18(14-34)13-32(17)25-11-21(26-27(22(25)12-28)30-15-29-26)19-7-8-24-23(10-19)31-16-33(24)20-5-3-2-4-6-20/h7-8,10-11,15-18,20,34H,2-6,9,13-14H2,1H3,(H,29,30)/t17-,18-/m0/s1. The number of nitrogens with zero attached hydrogens (tertiary/aromatic N) is 5. The summed E-state index contributed by atoms with van der Waals surface area (Å²) in [6.07, 6.45) is 11.0. The van der Waals surface area contributed by atoms with E-state index in [0.29, 0.717) is 11.6 Å². The van der Waals surface area contributed by atoms with Crippen molar-refractivity contribution in [3.63, 3.8) is 0 Å². The van der Waals surface area contributed by atoms with Crippen LogP contribution in [0.3, 0.4) is 0 Å². The monoisotopic (exact) mass is 454 g/mol. The molecule has 6 rings (SSSR count). The quantitative estimate of drug-likeness (QED) is 0.444. The molecule has 34 heavy (non-hydrogen) atoms. The average Bonchev–Trinajstić information content (AvgIpc) is 3.61. The van der Waals surface area contributed by atoms with Crippen molar-refractivity contribution in [3.8, 4) is 17.2 Å². The lowest BCUT2D eigenvalue weighted by Gasteiger charge is -2.26. The molecule has 174 valence electrons. The number of nitriles is 1. The first-order valence-corrected chi connectivity index (χ1v) is 12.4. The van der Waals surface area contributed by atoms with Crippen molar-refractivity contribution in [2.45, 2.75) is 57.5 Å². The minimum absolute atomic E-state index is 0.169. The van der Waals surface area contributed by atoms with Crippen LogP contribution < -0.4 is 4.90 Å². The summed E-state index contributed by atoms with van der Waals surface area (Å²) < 4.78 is 2.35. The molecule has 2 N–H and O–H groups in total. The number of H-pyrrole nitrogens is 1. The van der Waals surface area contributed by atoms with Crippen LogP contribution in [0.15, 0.2) is 36.9 Å². The Kier molecular flexibility index (Phi) is 5.26. The number of rotatable bonds is 4. The Morgan fingerprint density at radius 2 is 2.03 bits per heavy atom. The minimum Gasteiger partial charge on any atom is -0.396 e. The maximum atomic E-state index is 10.0. The minimum atomic E-state index is 0.169. The number of benzene rings is 2. The van der Waals surface area contributed by atoms with Gasteiger partial charge in [0.15, 0.2) is 0 Å². The van der Waals surface area contributed by atoms with Crippen LogP contribution in [0, 0.1) is 17.2 Å². The Morgan fingerprint density at radius 1 is 1.18 bits per heavy atom. The molecule has 0 spiro atoms. The van der Waals surface area contributed by atoms with E-state index >= 15 is 0 Å². The molecule has 1 aliphatic heterocycles. The van der Waals surface area contributed by atoms with Crippen LogP contribution in [-0.4, -0.2) is 43.8 Å². The van der Waals surface area contributed by atoms with E-state index in [9.17, 15) is 10.4 Å². The molecule has 7 heteroatoms. The lowest BCUT2D eigenvalue weighted by Crippen LogP contribution is -2.28. The van der Waals surface area contributed by atoms with E-state index in [1.165, 1.54) is 37.6 Å². The molecular weight excluding hydrogens is 424 g/mol. The Morgan fingerprint density at radius 3 is 2.79 bits per heavy atom. The second-order valence-electron chi connectivity index (χ2n) is 9.99. The van der Waals surface area contributed by atoms with Gasteiger partial charge in [0.25, 0.3) is 0 Å². The Balaban J connectivity index is 1.47. The smallest absolute Gasteiger partial charge is 0.104 e. The van der Waals surface area contributed by atoms with Gasteiger partial charge in [0.1, 0.15) is 11.6 Å². The van der Waals surface area contributed by atoms with Gasteiger partial charge in [-0.05, 0) is 49.9 Å². The highest BCUT2D eigenvalue weighted by molar-refractivity contribution is 6.00. The molecule has 0 unspecified atom stereocenters. The summed E-state index contributed by atoms with van der Waals surface area (Å²) in [5.41, 5.74) is 7.32. The highest BCUT2D eigenvalue weighted by Crippen LogP contribution is 2.40. The van der Waals surface area contributed by atoms with Crippen molar-refractivity contribution in [3.05, 3.63) is 42.5 Å². The molecule has 0 radical (unpaired) electrons. The number of hydrogen-bond acceptors (Lipinski definition) is 5. The SMILES string of the molecule is C[C@H]1C[C@H](CO)CN1c1cc(-c2ccc3c(c2)ncn3C2CCCCC2)c2nc[nH]c2c1C#N. The van der Waals surface area contributed by atoms with E-state index in [0.717, 1.165) is 46.3 Å². The molecule has 4 aromatic rings. The highest BCUT2D eigenvalue weighted by Gasteiger charge is 2.31. The lowest BCUT2D eigenvalue weighted by molar-refractivity contribution is 0.236. The summed E-state index contributed by atoms with van der Waals surface area (Å²) in [4.78, 5) is 14.8. The Bertz CT molecular complexity index is 1390. The van der Waals surface area contributed by atoms with Crippen molar-refractivity contribution in [2.24, 2.45) is 5.92 Å². The summed E-state index contributed by atoms with van der Waals surface area (Å²) in [7, 11) is 0. The molecule has 1 saturated carbocycles. The molecule has 7 nitrogen and oxygen atoms in total. The molecule has 2 aromatic carbocycles. The molecule has 2 aromatic heterocycles. The zero-order chi connectivity index (χ0) is 23.2. The number of aliphatic hydroxyl groups excluding tert-OH is 1. The predicted octanol–water partition coefficient (Wildman–Crippen LogP) is 5.16. The zero-order valence-corrected chi connectivity index (χ0v) is 19.5. The van der Waals surface area contributed by atoms with Crippen LogP contribution in [-0.2, 0) is 0 Å². The van der Waals surface area contributed by atoms with E-state index < -0.39 is 0 Å². The van der Waals surface area contributed by atoms with E-state index in [4.69, 9.17) is 4.98 Å². The summed E-state index contributed by atoms with van der Waals surface area (Å²) in [6, 6.07) is 11.8. The second-order valence-corrected chi connectivity index (χ2v) is 9.99. The fraction of sp³-hybridized carbons (Fsp3) is 0.444. The molecule has 3 heterocycles. The van der Waals surface area contributed by atoms with Gasteiger partial charge >= 0.3 is 0 Å². The van der Waals surface area contributed by atoms with Crippen LogP contribution in [0.2, 0.25) is 0 Å². The highest BCUT2D eigenvalue weighted by atomic mass is 16.3. The molecule has 1 aliphatic carbocycles. The number of aromatic nitrogens is 4. The average molecular weight is 455 g/mol. The van der Waals surface area contributed by atoms with Crippen LogP contribution in [0.5, 0.6) is 0 Å². The maximum absolute atomic E-state index is 10.0. The molecule has 0 amide bonds. The number of aromatic amines is 1. The fourth-order valence-corrected chi connectivity index (χ4v) is 6.11. The topological polar surface area (TPSA) is 93.8 Å². The van der Waals surface area contributed by atoms with E-state index in [1.807, 2.05) is 6.33 Å². The van der Waals surface area contributed by atoms with Crippen molar-refractivity contribution >= 4 is 27.8 Å². The number of hydrogen-bond donors (Lipinski definition) is 2. The maximum Gasteiger partial charge on any atom is 0.104 e. The first-order chi connectivity index (χ1) is 16.7. The molecule has 2 fully saturated rings. The van der Waals surface area contributed by atoms with Gasteiger partial charge in [0, 0.05) is 36.7 Å². The third-order valence-corrected chi connectivity index (χ3v) is 7.88. The number of anilines is 1. The van der Waals surface area contributed by atoms with Crippen LogP contribution in [0.25, 0.3) is 33.2 Å². The van der Waals surface area contributed by atoms with Crippen LogP contribution in [0.4, 0.5) is 5.69 Å². The first-order valence-electron chi connectivity index (χ1n) is 12.4. The van der Waals surface area contributed by atoms with Gasteiger partial charge in [-0.1, -0.05) is 25.3 Å². The number of nitrogens with one attached hydrogen (secondary N) is 1. The van der Waals surface area contributed by atoms with Gasteiger partial charge in [-0.15, -0.1) is 0 Å². The van der Waals surface area contributed by atoms with Crippen molar-refractivity contribution in [1.82, 2.24) is 19.5 Å². The third-order valence-electron chi connectivity index (χ3n) is 7.88. The zero-order valence-electron chi connectivity index (χ0n) is 19.5. The summed E-state index contributed by atoms with van der Waals surface area (Å²) >= 11 is 0. The lowest BCUT2D eigenvalue weighted by atomic mass is 9.95. The summed E-state index contributed by atoms with van der Waals surface area (Å²) in [5.74, 6) is 0.225. The van der Waals surface area contributed by atoms with Crippen LogP contribution in [0.1, 0.15) is 57.1 Å². The summed E-state index contributed by atoms with van der Waals surface area (Å²) in [5, 5.41) is 19.8. The van der Waals surface area contributed by atoms with E-state index in [2.05, 4.69) is 56.7 Å². The third kappa shape index (κ3) is 3.36. The molecular formula is C27H30N6O. The van der Waals surface area contributed by atoms with Gasteiger partial charge in [-0.25, -0.2) is 9.97 Å². The molecule has 0 bridgehead atoms. The van der Waals surface area contributed by atoms with Gasteiger partial charge < -0.3 is 19.6 Å². The van der Waals surface area contributed by atoms with Gasteiger partial charge in [-0.3, -0.25) is 0 Å².